The van der Waals surface area contributed by atoms with E-state index in [1.165, 1.54) is 18.2 Å². The molecule has 3 aliphatic heterocycles. The van der Waals surface area contributed by atoms with Crippen LogP contribution in [0.4, 0.5) is 0 Å². The molecular weight excluding hydrogens is 406 g/mol. The predicted octanol–water partition coefficient (Wildman–Crippen LogP) is 0.914. The molecular formula is C18H24ClN3O5S. The van der Waals surface area contributed by atoms with Crippen LogP contribution in [0.25, 0.3) is 0 Å². The second-order valence-corrected chi connectivity index (χ2v) is 9.03. The van der Waals surface area contributed by atoms with Gasteiger partial charge in [-0.1, -0.05) is 0 Å². The number of ether oxygens (including phenoxy) is 1. The van der Waals surface area contributed by atoms with E-state index < -0.39 is 15.9 Å². The monoisotopic (exact) mass is 429 g/mol. The molecule has 2 amide bonds. The number of carbonyl (C=O) groups excluding carboxylic acids is 2. The predicted molar refractivity (Wildman–Crippen MR) is 104 cm³/mol. The Hall–Kier alpha value is -1.68. The normalized spacial score (nSPS) is 25.9. The molecule has 2 N–H and O–H groups in total. The van der Waals surface area contributed by atoms with Crippen molar-refractivity contribution in [1.29, 1.82) is 0 Å². The molecule has 2 fully saturated rings. The van der Waals surface area contributed by atoms with Gasteiger partial charge in [-0.05, 0) is 50.4 Å². The lowest BCUT2D eigenvalue weighted by molar-refractivity contribution is 0.0707. The summed E-state index contributed by atoms with van der Waals surface area (Å²) in [5.41, 5.74) is 0.360. The molecule has 0 saturated carbocycles. The molecule has 3 aliphatic rings. The number of piperidine rings is 1. The Morgan fingerprint density at radius 1 is 1.29 bits per heavy atom. The zero-order chi connectivity index (χ0) is 19.0. The molecule has 10 heteroatoms. The van der Waals surface area contributed by atoms with Crippen molar-refractivity contribution in [2.75, 3.05) is 26.2 Å². The molecule has 0 spiro atoms. The fourth-order valence-electron chi connectivity index (χ4n) is 3.81. The summed E-state index contributed by atoms with van der Waals surface area (Å²) in [5, 5.41) is 6.14. The lowest BCUT2D eigenvalue weighted by Crippen LogP contribution is -2.45. The minimum absolute atomic E-state index is 0. The lowest BCUT2D eigenvalue weighted by atomic mass is 10.1. The summed E-state index contributed by atoms with van der Waals surface area (Å²) in [5.74, 6) is -0.879. The lowest BCUT2D eigenvalue weighted by Gasteiger charge is -2.23. The van der Waals surface area contributed by atoms with Crippen molar-refractivity contribution in [2.24, 2.45) is 0 Å². The van der Waals surface area contributed by atoms with E-state index in [0.29, 0.717) is 13.2 Å². The fraction of sp³-hybridized carbons (Fsp3) is 0.556. The van der Waals surface area contributed by atoms with Crippen LogP contribution in [0.3, 0.4) is 0 Å². The van der Waals surface area contributed by atoms with Crippen molar-refractivity contribution in [3.05, 3.63) is 29.3 Å². The topological polar surface area (TPSA) is 105 Å². The van der Waals surface area contributed by atoms with Gasteiger partial charge in [-0.25, -0.2) is 12.7 Å². The summed E-state index contributed by atoms with van der Waals surface area (Å²) in [6.07, 6.45) is 3.20. The number of sulfonamides is 1. The molecule has 0 radical (unpaired) electrons. The van der Waals surface area contributed by atoms with E-state index in [0.717, 1.165) is 36.5 Å². The summed E-state index contributed by atoms with van der Waals surface area (Å²) in [6, 6.07) is 4.27. The smallest absolute Gasteiger partial charge is 0.269 e. The maximum Gasteiger partial charge on any atom is 0.269 e. The molecule has 1 unspecified atom stereocenters. The third kappa shape index (κ3) is 3.89. The van der Waals surface area contributed by atoms with E-state index in [9.17, 15) is 18.0 Å². The second-order valence-electron chi connectivity index (χ2n) is 7.20. The van der Waals surface area contributed by atoms with Crippen LogP contribution in [0.2, 0.25) is 0 Å². The molecule has 0 aliphatic carbocycles. The third-order valence-corrected chi connectivity index (χ3v) is 7.08. The van der Waals surface area contributed by atoms with Crippen LogP contribution in [0.15, 0.2) is 23.1 Å². The summed E-state index contributed by atoms with van der Waals surface area (Å²) in [6.45, 7) is 2.24. The molecule has 8 nitrogen and oxygen atoms in total. The number of halogens is 1. The van der Waals surface area contributed by atoms with Crippen molar-refractivity contribution in [2.45, 2.75) is 42.7 Å². The number of carbonyl (C=O) groups is 2. The highest BCUT2D eigenvalue weighted by Crippen LogP contribution is 2.32. The largest absolute Gasteiger partial charge is 0.376 e. The maximum atomic E-state index is 12.9. The van der Waals surface area contributed by atoms with E-state index in [1.54, 1.807) is 0 Å². The standard InChI is InChI=1S/C18H23N3O5S.ClH/c22-17(20-13-3-1-7-19-10-13)12-5-6-15-16(9-12)27(24,25)21(18(15)23)11-14-4-2-8-26-14;/h5-6,9,13-14,19H,1-4,7-8,10-11H2,(H,20,22);1H/t13-,14?;/m0./s1. The minimum atomic E-state index is -3.96. The Morgan fingerprint density at radius 2 is 2.11 bits per heavy atom. The highest BCUT2D eigenvalue weighted by Gasteiger charge is 2.43. The van der Waals surface area contributed by atoms with E-state index >= 15 is 0 Å². The van der Waals surface area contributed by atoms with Crippen molar-refractivity contribution in [1.82, 2.24) is 14.9 Å². The highest BCUT2D eigenvalue weighted by molar-refractivity contribution is 7.90. The van der Waals surface area contributed by atoms with Crippen LogP contribution in [-0.2, 0) is 14.8 Å². The van der Waals surface area contributed by atoms with Crippen LogP contribution in [0.1, 0.15) is 46.4 Å². The van der Waals surface area contributed by atoms with Gasteiger partial charge in [0, 0.05) is 24.8 Å². The van der Waals surface area contributed by atoms with Crippen molar-refractivity contribution < 1.29 is 22.7 Å². The SMILES string of the molecule is Cl.O=C(N[C@H]1CCCNC1)c1ccc2c(c1)S(=O)(=O)N(CC1CCCO1)C2=O. The Balaban J connectivity index is 0.00000225. The summed E-state index contributed by atoms with van der Waals surface area (Å²) >= 11 is 0. The number of amides is 2. The van der Waals surface area contributed by atoms with E-state index in [-0.39, 0.29) is 53.0 Å². The number of benzene rings is 1. The van der Waals surface area contributed by atoms with Gasteiger partial charge in [0.2, 0.25) is 0 Å². The second kappa shape index (κ2) is 8.36. The van der Waals surface area contributed by atoms with E-state index in [2.05, 4.69) is 10.6 Å². The first-order valence-electron chi connectivity index (χ1n) is 9.31. The molecule has 0 bridgehead atoms. The van der Waals surface area contributed by atoms with Gasteiger partial charge in [-0.15, -0.1) is 12.4 Å². The van der Waals surface area contributed by atoms with Crippen molar-refractivity contribution in [3.8, 4) is 0 Å². The van der Waals surface area contributed by atoms with Gasteiger partial charge in [0.15, 0.2) is 0 Å². The molecule has 1 aromatic rings. The molecule has 2 atom stereocenters. The third-order valence-electron chi connectivity index (χ3n) is 5.29. The first-order valence-corrected chi connectivity index (χ1v) is 10.7. The quantitative estimate of drug-likeness (QED) is 0.737. The van der Waals surface area contributed by atoms with Gasteiger partial charge in [-0.3, -0.25) is 9.59 Å². The van der Waals surface area contributed by atoms with Gasteiger partial charge < -0.3 is 15.4 Å². The Kier molecular flexibility index (Phi) is 6.28. The number of fused-ring (bicyclic) bond motifs is 1. The Bertz CT molecular complexity index is 864. The van der Waals surface area contributed by atoms with Crippen molar-refractivity contribution >= 4 is 34.2 Å². The maximum absolute atomic E-state index is 12.9. The highest BCUT2D eigenvalue weighted by atomic mass is 35.5. The first-order chi connectivity index (χ1) is 13.0. The average Bonchev–Trinajstić information content (AvgIpc) is 3.24. The van der Waals surface area contributed by atoms with Gasteiger partial charge >= 0.3 is 0 Å². The number of hydrogen-bond donors (Lipinski definition) is 2. The van der Waals surface area contributed by atoms with Crippen LogP contribution >= 0.6 is 12.4 Å². The minimum Gasteiger partial charge on any atom is -0.376 e. The molecule has 0 aromatic heterocycles. The summed E-state index contributed by atoms with van der Waals surface area (Å²) < 4.78 is 32.1. The Morgan fingerprint density at radius 3 is 2.79 bits per heavy atom. The number of rotatable bonds is 4. The van der Waals surface area contributed by atoms with Crippen LogP contribution in [0.5, 0.6) is 0 Å². The summed E-state index contributed by atoms with van der Waals surface area (Å²) in [4.78, 5) is 25.0. The molecule has 4 rings (SSSR count). The first kappa shape index (κ1) is 21.0. The molecule has 1 aromatic carbocycles. The van der Waals surface area contributed by atoms with Gasteiger partial charge in [-0.2, -0.15) is 0 Å². The van der Waals surface area contributed by atoms with Crippen LogP contribution < -0.4 is 10.6 Å². The zero-order valence-electron chi connectivity index (χ0n) is 15.3. The molecule has 2 saturated heterocycles. The van der Waals surface area contributed by atoms with Gasteiger partial charge in [0.25, 0.3) is 21.8 Å². The van der Waals surface area contributed by atoms with Gasteiger partial charge in [0.05, 0.1) is 18.2 Å². The number of nitrogens with one attached hydrogen (secondary N) is 2. The molecule has 154 valence electrons. The fourth-order valence-corrected chi connectivity index (χ4v) is 5.44. The molecule has 3 heterocycles. The van der Waals surface area contributed by atoms with E-state index in [1.807, 2.05) is 0 Å². The van der Waals surface area contributed by atoms with Crippen molar-refractivity contribution in [3.63, 3.8) is 0 Å². The number of hydrogen-bond acceptors (Lipinski definition) is 6. The zero-order valence-corrected chi connectivity index (χ0v) is 17.0. The summed E-state index contributed by atoms with van der Waals surface area (Å²) in [7, 11) is -3.96. The molecule has 28 heavy (non-hydrogen) atoms. The van der Waals surface area contributed by atoms with Gasteiger partial charge in [0.1, 0.15) is 4.90 Å². The number of nitrogens with zero attached hydrogens (tertiary/aromatic N) is 1. The average molecular weight is 430 g/mol. The van der Waals surface area contributed by atoms with Crippen LogP contribution in [-0.4, -0.2) is 62.9 Å². The Labute approximate surface area is 170 Å². The van der Waals surface area contributed by atoms with Crippen LogP contribution in [0, 0.1) is 0 Å². The van der Waals surface area contributed by atoms with E-state index in [4.69, 9.17) is 4.74 Å².